The van der Waals surface area contributed by atoms with Gasteiger partial charge in [-0.25, -0.2) is 0 Å². The zero-order valence-corrected chi connectivity index (χ0v) is 12.7. The van der Waals surface area contributed by atoms with Crippen molar-refractivity contribution >= 4 is 11.6 Å². The third-order valence-electron chi connectivity index (χ3n) is 3.92. The van der Waals surface area contributed by atoms with Crippen molar-refractivity contribution in [1.29, 1.82) is 0 Å². The van der Waals surface area contributed by atoms with E-state index in [4.69, 9.17) is 10.5 Å². The Hall–Kier alpha value is -2.49. The lowest BCUT2D eigenvalue weighted by Crippen LogP contribution is -2.40. The zero-order chi connectivity index (χ0) is 15.5. The summed E-state index contributed by atoms with van der Waals surface area (Å²) in [5.74, 6) is 0.885. The van der Waals surface area contributed by atoms with Crippen molar-refractivity contribution in [3.05, 3.63) is 59.2 Å². The predicted molar refractivity (Wildman–Crippen MR) is 87.1 cm³/mol. The van der Waals surface area contributed by atoms with Crippen LogP contribution in [0.1, 0.15) is 21.5 Å². The van der Waals surface area contributed by atoms with Crippen molar-refractivity contribution < 1.29 is 9.53 Å². The molecule has 0 fully saturated rings. The molecule has 0 saturated heterocycles. The number of anilines is 1. The minimum absolute atomic E-state index is 0.0430. The monoisotopic (exact) mass is 296 g/mol. The topological polar surface area (TPSA) is 55.6 Å². The molecule has 0 aromatic heterocycles. The minimum Gasteiger partial charge on any atom is -0.492 e. The van der Waals surface area contributed by atoms with E-state index in [2.05, 4.69) is 0 Å². The first-order valence-electron chi connectivity index (χ1n) is 7.50. The van der Waals surface area contributed by atoms with Gasteiger partial charge < -0.3 is 15.4 Å². The van der Waals surface area contributed by atoms with Gasteiger partial charge in [0, 0.05) is 17.8 Å². The first-order chi connectivity index (χ1) is 10.6. The molecule has 1 aliphatic heterocycles. The second kappa shape index (κ2) is 6.10. The number of aryl methyl sites for hydroxylation is 1. The quantitative estimate of drug-likeness (QED) is 0.883. The van der Waals surface area contributed by atoms with Crippen molar-refractivity contribution in [3.63, 3.8) is 0 Å². The number of carbonyl (C=O) groups is 1. The van der Waals surface area contributed by atoms with Crippen LogP contribution >= 0.6 is 0 Å². The summed E-state index contributed by atoms with van der Waals surface area (Å²) in [6.07, 6.45) is 0.867. The van der Waals surface area contributed by atoms with E-state index >= 15 is 0 Å². The molecule has 22 heavy (non-hydrogen) atoms. The fraction of sp³-hybridized carbons (Fsp3) is 0.278. The minimum atomic E-state index is 0.0430. The van der Waals surface area contributed by atoms with Crippen LogP contribution in [0, 0.1) is 6.92 Å². The van der Waals surface area contributed by atoms with Crippen LogP contribution in [0.25, 0.3) is 0 Å². The van der Waals surface area contributed by atoms with Crippen LogP contribution < -0.4 is 10.5 Å². The second-order valence-corrected chi connectivity index (χ2v) is 5.62. The van der Waals surface area contributed by atoms with Gasteiger partial charge in [-0.2, -0.15) is 0 Å². The Labute approximate surface area is 130 Å². The summed E-state index contributed by atoms with van der Waals surface area (Å²) in [5, 5.41) is 0. The molecule has 0 radical (unpaired) electrons. The number of hydrogen-bond acceptors (Lipinski definition) is 3. The zero-order valence-electron chi connectivity index (χ0n) is 12.7. The molecule has 3 rings (SSSR count). The maximum absolute atomic E-state index is 12.5. The van der Waals surface area contributed by atoms with Gasteiger partial charge in [-0.15, -0.1) is 0 Å². The molecule has 2 aromatic carbocycles. The molecule has 0 aliphatic carbocycles. The average Bonchev–Trinajstić information content (AvgIpc) is 2.50. The molecular weight excluding hydrogens is 276 g/mol. The maximum atomic E-state index is 12.5. The lowest BCUT2D eigenvalue weighted by Gasteiger charge is -2.28. The summed E-state index contributed by atoms with van der Waals surface area (Å²) in [6, 6.07) is 13.5. The van der Waals surface area contributed by atoms with Crippen LogP contribution in [0.15, 0.2) is 42.5 Å². The summed E-state index contributed by atoms with van der Waals surface area (Å²) in [7, 11) is 0. The van der Waals surface area contributed by atoms with Gasteiger partial charge in [0.2, 0.25) is 0 Å². The van der Waals surface area contributed by atoms with Gasteiger partial charge in [0.15, 0.2) is 0 Å². The van der Waals surface area contributed by atoms with Gasteiger partial charge in [-0.05, 0) is 48.7 Å². The molecule has 0 spiro atoms. The van der Waals surface area contributed by atoms with Crippen molar-refractivity contribution in [2.45, 2.75) is 13.3 Å². The first kappa shape index (κ1) is 14.4. The maximum Gasteiger partial charge on any atom is 0.254 e. The van der Waals surface area contributed by atoms with Gasteiger partial charge in [0.25, 0.3) is 5.91 Å². The molecule has 0 bridgehead atoms. The van der Waals surface area contributed by atoms with E-state index in [0.29, 0.717) is 18.8 Å². The standard InChI is InChI=1S/C18H20N2O2/c1-13-3-2-4-16(11-13)22-10-9-20-8-7-14-5-6-15(19)12-17(14)18(20)21/h2-6,11-12H,7-10,19H2,1H3. The number of rotatable bonds is 4. The van der Waals surface area contributed by atoms with Crippen LogP contribution in [0.5, 0.6) is 5.75 Å². The van der Waals surface area contributed by atoms with E-state index in [1.165, 1.54) is 0 Å². The summed E-state index contributed by atoms with van der Waals surface area (Å²) >= 11 is 0. The average molecular weight is 296 g/mol. The van der Waals surface area contributed by atoms with E-state index in [1.54, 1.807) is 6.07 Å². The summed E-state index contributed by atoms with van der Waals surface area (Å²) in [4.78, 5) is 14.3. The van der Waals surface area contributed by atoms with Gasteiger partial charge in [-0.3, -0.25) is 4.79 Å². The number of ether oxygens (including phenoxy) is 1. The van der Waals surface area contributed by atoms with E-state index in [-0.39, 0.29) is 5.91 Å². The summed E-state index contributed by atoms with van der Waals surface area (Å²) in [5.41, 5.74) is 9.38. The molecule has 0 unspecified atom stereocenters. The highest BCUT2D eigenvalue weighted by atomic mass is 16.5. The Bertz CT molecular complexity index is 697. The molecule has 2 aromatic rings. The Morgan fingerprint density at radius 2 is 2.09 bits per heavy atom. The number of carbonyl (C=O) groups excluding carboxylic acids is 1. The number of nitrogen functional groups attached to an aromatic ring is 1. The first-order valence-corrected chi connectivity index (χ1v) is 7.50. The fourth-order valence-electron chi connectivity index (χ4n) is 2.73. The number of amides is 1. The molecule has 114 valence electrons. The number of nitrogens with zero attached hydrogens (tertiary/aromatic N) is 1. The highest BCUT2D eigenvalue weighted by molar-refractivity contribution is 5.97. The Kier molecular flexibility index (Phi) is 4.00. The third kappa shape index (κ3) is 3.06. The Morgan fingerprint density at radius 3 is 2.91 bits per heavy atom. The third-order valence-corrected chi connectivity index (χ3v) is 3.92. The molecule has 2 N–H and O–H groups in total. The van der Waals surface area contributed by atoms with Crippen LogP contribution in [0.4, 0.5) is 5.69 Å². The molecule has 1 aliphatic rings. The molecule has 1 amide bonds. The van der Waals surface area contributed by atoms with Crippen molar-refractivity contribution in [1.82, 2.24) is 4.90 Å². The van der Waals surface area contributed by atoms with Gasteiger partial charge in [0.1, 0.15) is 12.4 Å². The predicted octanol–water partition coefficient (Wildman–Crippen LogP) is 2.65. The van der Waals surface area contributed by atoms with Crippen LogP contribution in [-0.4, -0.2) is 30.5 Å². The van der Waals surface area contributed by atoms with Crippen LogP contribution in [0.2, 0.25) is 0 Å². The second-order valence-electron chi connectivity index (χ2n) is 5.62. The number of fused-ring (bicyclic) bond motifs is 1. The highest BCUT2D eigenvalue weighted by Gasteiger charge is 2.24. The van der Waals surface area contributed by atoms with Gasteiger partial charge in [0.05, 0.1) is 6.54 Å². The van der Waals surface area contributed by atoms with E-state index in [0.717, 1.165) is 35.4 Å². The molecular formula is C18H20N2O2. The van der Waals surface area contributed by atoms with Crippen molar-refractivity contribution in [2.75, 3.05) is 25.4 Å². The molecule has 0 atom stereocenters. The number of benzene rings is 2. The van der Waals surface area contributed by atoms with Crippen LogP contribution in [-0.2, 0) is 6.42 Å². The lowest BCUT2D eigenvalue weighted by atomic mass is 9.98. The van der Waals surface area contributed by atoms with E-state index < -0.39 is 0 Å². The fourth-order valence-corrected chi connectivity index (χ4v) is 2.73. The smallest absolute Gasteiger partial charge is 0.254 e. The molecule has 4 heteroatoms. The normalized spacial score (nSPS) is 13.9. The highest BCUT2D eigenvalue weighted by Crippen LogP contribution is 2.21. The Morgan fingerprint density at radius 1 is 1.23 bits per heavy atom. The van der Waals surface area contributed by atoms with Crippen molar-refractivity contribution in [3.8, 4) is 5.75 Å². The molecule has 1 heterocycles. The van der Waals surface area contributed by atoms with Gasteiger partial charge >= 0.3 is 0 Å². The van der Waals surface area contributed by atoms with E-state index in [9.17, 15) is 4.79 Å². The summed E-state index contributed by atoms with van der Waals surface area (Å²) in [6.45, 7) is 3.84. The number of nitrogens with two attached hydrogens (primary N) is 1. The van der Waals surface area contributed by atoms with Gasteiger partial charge in [-0.1, -0.05) is 18.2 Å². The Balaban J connectivity index is 1.61. The van der Waals surface area contributed by atoms with E-state index in [1.807, 2.05) is 48.2 Å². The van der Waals surface area contributed by atoms with Crippen LogP contribution in [0.3, 0.4) is 0 Å². The SMILES string of the molecule is Cc1cccc(OCCN2CCc3ccc(N)cc3C2=O)c1. The molecule has 4 nitrogen and oxygen atoms in total. The summed E-state index contributed by atoms with van der Waals surface area (Å²) < 4.78 is 5.73. The van der Waals surface area contributed by atoms with Crippen molar-refractivity contribution in [2.24, 2.45) is 0 Å². The lowest BCUT2D eigenvalue weighted by molar-refractivity contribution is 0.0714. The largest absolute Gasteiger partial charge is 0.492 e. The number of hydrogen-bond donors (Lipinski definition) is 1. The molecule has 0 saturated carbocycles.